The number of nitrogens with one attached hydrogen (secondary N) is 1. The molecule has 0 aromatic rings. The van der Waals surface area contributed by atoms with Crippen molar-refractivity contribution >= 4 is 17.8 Å². The summed E-state index contributed by atoms with van der Waals surface area (Å²) in [5.41, 5.74) is -4.28. The number of halogens is 3. The highest BCUT2D eigenvalue weighted by molar-refractivity contribution is 6.10. The number of hydrogen-bond acceptors (Lipinski definition) is 4. The third kappa shape index (κ3) is 3.28. The van der Waals surface area contributed by atoms with E-state index >= 15 is 0 Å². The molecular formula is C19H25F3N2O4. The van der Waals surface area contributed by atoms with Gasteiger partial charge in [0.05, 0.1) is 6.61 Å². The van der Waals surface area contributed by atoms with Gasteiger partial charge in [0.25, 0.3) is 5.91 Å². The first-order chi connectivity index (χ1) is 13.1. The quantitative estimate of drug-likeness (QED) is 0.718. The summed E-state index contributed by atoms with van der Waals surface area (Å²) in [6.45, 7) is 2.66. The molecule has 2 aliphatic carbocycles. The Labute approximate surface area is 161 Å². The third-order valence-corrected chi connectivity index (χ3v) is 5.74. The van der Waals surface area contributed by atoms with Crippen LogP contribution in [0.3, 0.4) is 0 Å². The fourth-order valence-electron chi connectivity index (χ4n) is 4.20. The fraction of sp³-hybridized carbons (Fsp3) is 0.737. The van der Waals surface area contributed by atoms with E-state index in [-0.39, 0.29) is 12.3 Å². The van der Waals surface area contributed by atoms with Crippen LogP contribution in [0.4, 0.5) is 13.2 Å². The average molecular weight is 402 g/mol. The minimum atomic E-state index is -5.18. The van der Waals surface area contributed by atoms with Crippen molar-refractivity contribution in [3.63, 3.8) is 0 Å². The first-order valence-electron chi connectivity index (χ1n) is 9.76. The zero-order valence-electron chi connectivity index (χ0n) is 16.0. The molecule has 0 saturated heterocycles. The zero-order chi connectivity index (χ0) is 20.7. The summed E-state index contributed by atoms with van der Waals surface area (Å²) in [4.78, 5) is 39.2. The molecule has 0 bridgehead atoms. The van der Waals surface area contributed by atoms with E-state index in [0.717, 1.165) is 24.2 Å². The second-order valence-corrected chi connectivity index (χ2v) is 7.66. The lowest BCUT2D eigenvalue weighted by Crippen LogP contribution is -2.67. The van der Waals surface area contributed by atoms with Crippen molar-refractivity contribution in [2.24, 2.45) is 5.92 Å². The van der Waals surface area contributed by atoms with Gasteiger partial charge < -0.3 is 15.0 Å². The van der Waals surface area contributed by atoms with Crippen LogP contribution < -0.4 is 5.32 Å². The molecule has 9 heteroatoms. The van der Waals surface area contributed by atoms with Crippen LogP contribution in [-0.2, 0) is 19.1 Å². The van der Waals surface area contributed by atoms with Gasteiger partial charge in [-0.25, -0.2) is 4.79 Å². The topological polar surface area (TPSA) is 75.7 Å². The summed E-state index contributed by atoms with van der Waals surface area (Å²) >= 11 is 0. The summed E-state index contributed by atoms with van der Waals surface area (Å²) in [6.07, 6.45) is -0.576. The Morgan fingerprint density at radius 1 is 1.18 bits per heavy atom. The highest BCUT2D eigenvalue weighted by atomic mass is 19.4. The molecule has 1 heterocycles. The van der Waals surface area contributed by atoms with Crippen molar-refractivity contribution in [2.45, 2.75) is 76.6 Å². The smallest absolute Gasteiger partial charge is 0.425 e. The van der Waals surface area contributed by atoms with Crippen LogP contribution in [0.5, 0.6) is 0 Å². The highest BCUT2D eigenvalue weighted by Crippen LogP contribution is 2.47. The van der Waals surface area contributed by atoms with E-state index in [9.17, 15) is 27.6 Å². The minimum absolute atomic E-state index is 0.0798. The van der Waals surface area contributed by atoms with Gasteiger partial charge in [-0.3, -0.25) is 9.59 Å². The summed E-state index contributed by atoms with van der Waals surface area (Å²) in [5.74, 6) is -3.94. The van der Waals surface area contributed by atoms with Crippen molar-refractivity contribution in [1.82, 2.24) is 10.2 Å². The van der Waals surface area contributed by atoms with E-state index in [1.54, 1.807) is 0 Å². The van der Waals surface area contributed by atoms with Gasteiger partial charge in [0, 0.05) is 17.7 Å². The molecule has 0 spiro atoms. The Hall–Kier alpha value is -2.06. The first kappa shape index (κ1) is 20.7. The molecule has 0 unspecified atom stereocenters. The van der Waals surface area contributed by atoms with Crippen LogP contribution in [0.2, 0.25) is 0 Å². The van der Waals surface area contributed by atoms with E-state index in [4.69, 9.17) is 4.74 Å². The SMILES string of the molecule is CCOC(=O)C1=C(C)N(C2CCCCC2)C(=O)[C@@]1(NC(=O)C1CC1)C(F)(F)F. The molecule has 1 aliphatic heterocycles. The lowest BCUT2D eigenvalue weighted by molar-refractivity contribution is -0.197. The molecule has 2 saturated carbocycles. The van der Waals surface area contributed by atoms with Crippen molar-refractivity contribution in [3.05, 3.63) is 11.3 Å². The van der Waals surface area contributed by atoms with Crippen molar-refractivity contribution < 1.29 is 32.3 Å². The van der Waals surface area contributed by atoms with E-state index in [1.807, 2.05) is 5.32 Å². The predicted octanol–water partition coefficient (Wildman–Crippen LogP) is 2.83. The van der Waals surface area contributed by atoms with Crippen molar-refractivity contribution in [3.8, 4) is 0 Å². The summed E-state index contributed by atoms with van der Waals surface area (Å²) < 4.78 is 48.0. The molecule has 6 nitrogen and oxygen atoms in total. The number of alkyl halides is 3. The Morgan fingerprint density at radius 3 is 2.29 bits per heavy atom. The molecule has 0 radical (unpaired) electrons. The van der Waals surface area contributed by atoms with Crippen LogP contribution in [0.1, 0.15) is 58.8 Å². The van der Waals surface area contributed by atoms with Crippen molar-refractivity contribution in [2.75, 3.05) is 6.61 Å². The number of carbonyl (C=O) groups excluding carboxylic acids is 3. The van der Waals surface area contributed by atoms with Gasteiger partial charge in [-0.15, -0.1) is 0 Å². The number of esters is 1. The summed E-state index contributed by atoms with van der Waals surface area (Å²) in [5, 5.41) is 1.92. The van der Waals surface area contributed by atoms with Crippen LogP contribution >= 0.6 is 0 Å². The maximum atomic E-state index is 14.4. The molecule has 2 amide bonds. The minimum Gasteiger partial charge on any atom is -0.462 e. The molecule has 28 heavy (non-hydrogen) atoms. The molecule has 2 fully saturated rings. The summed E-state index contributed by atoms with van der Waals surface area (Å²) in [7, 11) is 0. The van der Waals surface area contributed by atoms with E-state index < -0.39 is 47.0 Å². The maximum Gasteiger partial charge on any atom is 0.425 e. The van der Waals surface area contributed by atoms with E-state index in [1.165, 1.54) is 13.8 Å². The molecule has 1 N–H and O–H groups in total. The number of allylic oxidation sites excluding steroid dienone is 1. The van der Waals surface area contributed by atoms with Gasteiger partial charge in [-0.2, -0.15) is 13.2 Å². The molecule has 0 aromatic heterocycles. The number of hydrogen-bond donors (Lipinski definition) is 1. The Bertz CT molecular complexity index is 708. The third-order valence-electron chi connectivity index (χ3n) is 5.74. The van der Waals surface area contributed by atoms with Crippen LogP contribution in [0.25, 0.3) is 0 Å². The van der Waals surface area contributed by atoms with Gasteiger partial charge in [0.2, 0.25) is 11.4 Å². The number of amides is 2. The second kappa shape index (κ2) is 7.40. The van der Waals surface area contributed by atoms with Gasteiger partial charge in [0.15, 0.2) is 0 Å². The summed E-state index contributed by atoms with van der Waals surface area (Å²) in [6, 6.07) is -0.423. The molecule has 3 aliphatic rings. The van der Waals surface area contributed by atoms with Crippen LogP contribution in [-0.4, -0.2) is 47.0 Å². The predicted molar refractivity (Wildman–Crippen MR) is 92.7 cm³/mol. The highest BCUT2D eigenvalue weighted by Gasteiger charge is 2.71. The number of rotatable bonds is 5. The molecule has 156 valence electrons. The van der Waals surface area contributed by atoms with E-state index in [2.05, 4.69) is 0 Å². The van der Waals surface area contributed by atoms with Gasteiger partial charge in [0.1, 0.15) is 5.57 Å². The Morgan fingerprint density at radius 2 is 1.79 bits per heavy atom. The monoisotopic (exact) mass is 402 g/mol. The standard InChI is InChI=1S/C19H25F3N2O4/c1-3-28-16(26)14-11(2)24(13-7-5-4-6-8-13)17(27)18(14,19(20,21)22)23-15(25)12-9-10-12/h12-13H,3-10H2,1-2H3,(H,23,25)/t18-/m1/s1. The fourth-order valence-corrected chi connectivity index (χ4v) is 4.20. The number of carbonyl (C=O) groups is 3. The lowest BCUT2D eigenvalue weighted by Gasteiger charge is -2.36. The molecule has 1 atom stereocenters. The van der Waals surface area contributed by atoms with Gasteiger partial charge in [-0.1, -0.05) is 19.3 Å². The lowest BCUT2D eigenvalue weighted by atomic mass is 9.88. The first-order valence-corrected chi connectivity index (χ1v) is 9.76. The van der Waals surface area contributed by atoms with Gasteiger partial charge in [-0.05, 0) is 39.5 Å². The molecule has 3 rings (SSSR count). The molecule has 0 aromatic carbocycles. The zero-order valence-corrected chi connectivity index (χ0v) is 16.0. The molecular weight excluding hydrogens is 377 g/mol. The average Bonchev–Trinajstić information content (AvgIpc) is 3.43. The Kier molecular flexibility index (Phi) is 5.46. The second-order valence-electron chi connectivity index (χ2n) is 7.66. The van der Waals surface area contributed by atoms with E-state index in [0.29, 0.717) is 25.7 Å². The van der Waals surface area contributed by atoms with Crippen LogP contribution in [0.15, 0.2) is 11.3 Å². The largest absolute Gasteiger partial charge is 0.462 e. The number of nitrogens with zero attached hydrogens (tertiary/aromatic N) is 1. The van der Waals surface area contributed by atoms with Gasteiger partial charge >= 0.3 is 12.1 Å². The maximum absolute atomic E-state index is 14.4. The van der Waals surface area contributed by atoms with Crippen LogP contribution in [0, 0.1) is 5.92 Å². The van der Waals surface area contributed by atoms with Crippen molar-refractivity contribution in [1.29, 1.82) is 0 Å². The normalized spacial score (nSPS) is 26.6. The Balaban J connectivity index is 2.11. The number of ether oxygens (including phenoxy) is 1.